The molecule has 2 bridgehead atoms. The Morgan fingerprint density at radius 1 is 0.429 bits per heavy atom. The maximum Gasteiger partial charge on any atom is 0.263 e. The third kappa shape index (κ3) is 4.19. The van der Waals surface area contributed by atoms with Crippen molar-refractivity contribution in [2.75, 3.05) is 0 Å². The molecule has 0 aliphatic heterocycles. The number of hydrogen-bond acceptors (Lipinski definition) is 6. The quantitative estimate of drug-likeness (QED) is 0.188. The van der Waals surface area contributed by atoms with Crippen LogP contribution >= 0.6 is 0 Å². The fourth-order valence-electron chi connectivity index (χ4n) is 5.27. The molecule has 5 rings (SSSR count). The first-order chi connectivity index (χ1) is 19.9. The molecular weight excluding hydrogens is 540 g/mol. The first kappa shape index (κ1) is 27.3. The second kappa shape index (κ2) is 10.0. The smallest absolute Gasteiger partial charge is 0.263 e. The zero-order valence-electron chi connectivity index (χ0n) is 21.7. The van der Waals surface area contributed by atoms with Gasteiger partial charge in [0.1, 0.15) is 0 Å². The van der Waals surface area contributed by atoms with Crippen LogP contribution in [0.15, 0.2) is 72.8 Å². The van der Waals surface area contributed by atoms with Gasteiger partial charge in [0.25, 0.3) is 5.91 Å². The number of aromatic nitrogens is 1. The van der Waals surface area contributed by atoms with Crippen LogP contribution in [0, 0.1) is 0 Å². The third-order valence-corrected chi connectivity index (χ3v) is 6.96. The zero-order valence-corrected chi connectivity index (χ0v) is 21.7. The first-order valence-corrected chi connectivity index (χ1v) is 12.3. The van der Waals surface area contributed by atoms with E-state index in [1.807, 2.05) is 0 Å². The minimum atomic E-state index is -1.08. The lowest BCUT2D eigenvalue weighted by Crippen LogP contribution is -2.25. The van der Waals surface area contributed by atoms with Crippen molar-refractivity contribution in [1.29, 1.82) is 0 Å². The summed E-state index contributed by atoms with van der Waals surface area (Å²) >= 11 is 0. The zero-order chi connectivity index (χ0) is 30.5. The van der Waals surface area contributed by atoms with E-state index in [1.54, 1.807) is 24.3 Å². The number of carbonyl (C=O) groups is 6. The molecule has 5 aromatic rings. The van der Waals surface area contributed by atoms with Gasteiger partial charge in [-0.25, -0.2) is 0 Å². The Kier molecular flexibility index (Phi) is 6.51. The highest BCUT2D eigenvalue weighted by Crippen LogP contribution is 2.41. The Morgan fingerprint density at radius 3 is 1.33 bits per heavy atom. The van der Waals surface area contributed by atoms with E-state index in [9.17, 15) is 28.8 Å². The number of fused-ring (bicyclic) bond motifs is 2. The summed E-state index contributed by atoms with van der Waals surface area (Å²) in [6, 6.07) is 17.7. The lowest BCUT2D eigenvalue weighted by atomic mass is 9.82. The SMILES string of the molecule is NC(=O)c1cccc(-c2ccc(C(=O)n3c4ccc3cc4)c(C(N)=O)c2-c2cccc(C(N)=O)c2C(N)=O)c1C(N)=O. The van der Waals surface area contributed by atoms with E-state index in [0.717, 1.165) is 0 Å². The van der Waals surface area contributed by atoms with E-state index < -0.39 is 35.4 Å². The van der Waals surface area contributed by atoms with E-state index in [1.165, 1.54) is 53.1 Å². The van der Waals surface area contributed by atoms with Crippen LogP contribution in [0.1, 0.15) is 62.1 Å². The normalized spacial score (nSPS) is 11.0. The number of nitrogens with zero attached hydrogens (tertiary/aromatic N) is 1. The summed E-state index contributed by atoms with van der Waals surface area (Å²) in [6.45, 7) is 0. The van der Waals surface area contributed by atoms with Crippen LogP contribution in [0.3, 0.4) is 0 Å². The number of nitrogens with two attached hydrogens (primary N) is 5. The fourth-order valence-corrected chi connectivity index (χ4v) is 5.27. The summed E-state index contributed by atoms with van der Waals surface area (Å²) in [4.78, 5) is 77.0. The number of rotatable bonds is 8. The molecule has 42 heavy (non-hydrogen) atoms. The van der Waals surface area contributed by atoms with Crippen molar-refractivity contribution in [3.05, 3.63) is 106 Å². The van der Waals surface area contributed by atoms with Crippen molar-refractivity contribution in [3.63, 3.8) is 0 Å². The summed E-state index contributed by atoms with van der Waals surface area (Å²) in [7, 11) is 0. The van der Waals surface area contributed by atoms with Gasteiger partial charge in [0.05, 0.1) is 33.4 Å². The van der Waals surface area contributed by atoms with Crippen LogP contribution in [0.4, 0.5) is 0 Å². The summed E-state index contributed by atoms with van der Waals surface area (Å²) in [5, 5.41) is 0. The highest BCUT2D eigenvalue weighted by molar-refractivity contribution is 6.20. The fraction of sp³-hybridized carbons (Fsp3) is 0. The van der Waals surface area contributed by atoms with Gasteiger partial charge in [-0.05, 0) is 59.2 Å². The summed E-state index contributed by atoms with van der Waals surface area (Å²) < 4.78 is 1.36. The van der Waals surface area contributed by atoms with Gasteiger partial charge in [-0.15, -0.1) is 0 Å². The van der Waals surface area contributed by atoms with Crippen molar-refractivity contribution in [2.45, 2.75) is 0 Å². The minimum absolute atomic E-state index is 0.0310. The lowest BCUT2D eigenvalue weighted by molar-refractivity contribution is 0.0948. The molecule has 0 saturated heterocycles. The van der Waals surface area contributed by atoms with E-state index in [2.05, 4.69) is 0 Å². The standard InChI is InChI=1S/C30H22N6O6/c31-25(37)18-5-1-3-15(22(18)27(33)39)16-11-12-20(30(42)36-13-7-8-14(36)10-9-13)24(29(35)41)21(16)17-4-2-6-19(26(32)38)23(17)28(34)40/h1-12H,(H2,31,37)(H2,32,38)(H2,33,39)(H2,34,40)(H2,35,41). The van der Waals surface area contributed by atoms with E-state index in [4.69, 9.17) is 28.7 Å². The van der Waals surface area contributed by atoms with Gasteiger partial charge in [-0.3, -0.25) is 33.3 Å². The molecule has 2 heterocycles. The Hall–Kier alpha value is -6.30. The molecule has 5 amide bonds. The molecule has 0 fully saturated rings. The average Bonchev–Trinajstić information content (AvgIpc) is 3.55. The van der Waals surface area contributed by atoms with E-state index >= 15 is 0 Å². The van der Waals surface area contributed by atoms with Crippen molar-refractivity contribution < 1.29 is 28.8 Å². The molecule has 10 N–H and O–H groups in total. The van der Waals surface area contributed by atoms with Crippen LogP contribution in [0.25, 0.3) is 33.3 Å². The van der Waals surface area contributed by atoms with Gasteiger partial charge in [-0.2, -0.15) is 0 Å². The first-order valence-electron chi connectivity index (χ1n) is 12.3. The number of carbonyl (C=O) groups excluding carboxylic acids is 6. The number of amides is 5. The maximum atomic E-state index is 13.9. The summed E-state index contributed by atoms with van der Waals surface area (Å²) in [6.07, 6.45) is 0. The Bertz CT molecular complexity index is 1960. The van der Waals surface area contributed by atoms with Gasteiger partial charge in [0.2, 0.25) is 29.5 Å². The lowest BCUT2D eigenvalue weighted by Gasteiger charge is -2.21. The van der Waals surface area contributed by atoms with Crippen molar-refractivity contribution in [3.8, 4) is 22.3 Å². The maximum absolute atomic E-state index is 13.9. The molecule has 0 spiro atoms. The molecule has 3 aromatic carbocycles. The third-order valence-electron chi connectivity index (χ3n) is 6.96. The predicted octanol–water partition coefficient (Wildman–Crippen LogP) is 1.60. The average molecular weight is 563 g/mol. The molecule has 0 aliphatic carbocycles. The van der Waals surface area contributed by atoms with Crippen molar-refractivity contribution >= 4 is 46.5 Å². The van der Waals surface area contributed by atoms with Crippen LogP contribution in [-0.4, -0.2) is 40.0 Å². The molecule has 0 saturated carbocycles. The molecule has 0 atom stereocenters. The van der Waals surface area contributed by atoms with Gasteiger partial charge < -0.3 is 28.7 Å². The number of primary amides is 5. The Labute approximate surface area is 237 Å². The highest BCUT2D eigenvalue weighted by Gasteiger charge is 2.31. The summed E-state index contributed by atoms with van der Waals surface area (Å²) in [5.41, 5.74) is 27.6. The highest BCUT2D eigenvalue weighted by atomic mass is 16.2. The van der Waals surface area contributed by atoms with Crippen molar-refractivity contribution in [1.82, 2.24) is 4.57 Å². The molecule has 0 aliphatic rings. The topological polar surface area (TPSA) is 237 Å². The van der Waals surface area contributed by atoms with E-state index in [-0.39, 0.29) is 55.6 Å². The molecular formula is C30H22N6O6. The van der Waals surface area contributed by atoms with Crippen LogP contribution in [-0.2, 0) is 0 Å². The second-order valence-corrected chi connectivity index (χ2v) is 9.35. The largest absolute Gasteiger partial charge is 0.366 e. The molecule has 208 valence electrons. The van der Waals surface area contributed by atoms with E-state index in [0.29, 0.717) is 11.0 Å². The molecule has 0 radical (unpaired) electrons. The van der Waals surface area contributed by atoms with Crippen LogP contribution in [0.5, 0.6) is 0 Å². The molecule has 12 nitrogen and oxygen atoms in total. The Balaban J connectivity index is 1.98. The monoisotopic (exact) mass is 562 g/mol. The van der Waals surface area contributed by atoms with Gasteiger partial charge in [-0.1, -0.05) is 30.3 Å². The summed E-state index contributed by atoms with van der Waals surface area (Å²) in [5.74, 6) is -5.75. The van der Waals surface area contributed by atoms with Crippen molar-refractivity contribution in [2.24, 2.45) is 28.7 Å². The number of benzene rings is 4. The second-order valence-electron chi connectivity index (χ2n) is 9.35. The number of hydrogen-bond donors (Lipinski definition) is 5. The molecule has 12 heteroatoms. The van der Waals surface area contributed by atoms with Gasteiger partial charge in [0, 0.05) is 16.6 Å². The van der Waals surface area contributed by atoms with Crippen LogP contribution in [0.2, 0.25) is 0 Å². The molecule has 0 unspecified atom stereocenters. The van der Waals surface area contributed by atoms with Gasteiger partial charge >= 0.3 is 0 Å². The minimum Gasteiger partial charge on any atom is -0.366 e. The predicted molar refractivity (Wildman–Crippen MR) is 153 cm³/mol. The van der Waals surface area contributed by atoms with Crippen LogP contribution < -0.4 is 28.7 Å². The molecule has 2 aromatic heterocycles. The Morgan fingerprint density at radius 2 is 0.881 bits per heavy atom. The van der Waals surface area contributed by atoms with Gasteiger partial charge in [0.15, 0.2) is 0 Å².